The molecule has 2 N–H and O–H groups in total. The fraction of sp³-hybridized carbons (Fsp3) is 0.400. The maximum Gasteiger partial charge on any atom is 0.270 e. The maximum atomic E-state index is 12.2. The summed E-state index contributed by atoms with van der Waals surface area (Å²) in [5, 5.41) is 10.7. The second-order valence-electron chi connectivity index (χ2n) is 4.29. The zero-order valence-electron chi connectivity index (χ0n) is 9.74. The Hall–Kier alpha value is -1.51. The summed E-state index contributed by atoms with van der Waals surface area (Å²) in [7, 11) is -3.67. The molecule has 0 bridgehead atoms. The van der Waals surface area contributed by atoms with Gasteiger partial charge < -0.3 is 5.73 Å². The van der Waals surface area contributed by atoms with Gasteiger partial charge in [0.1, 0.15) is 0 Å². The molecule has 18 heavy (non-hydrogen) atoms. The van der Waals surface area contributed by atoms with Gasteiger partial charge in [0.05, 0.1) is 9.82 Å². The minimum atomic E-state index is -3.67. The molecule has 0 unspecified atom stereocenters. The highest BCUT2D eigenvalue weighted by Crippen LogP contribution is 2.26. The average Bonchev–Trinajstić information content (AvgIpc) is 2.24. The van der Waals surface area contributed by atoms with Crippen molar-refractivity contribution in [1.29, 1.82) is 0 Å². The number of hydrogen-bond acceptors (Lipinski definition) is 5. The quantitative estimate of drug-likeness (QED) is 0.625. The third kappa shape index (κ3) is 2.09. The van der Waals surface area contributed by atoms with Crippen LogP contribution in [-0.2, 0) is 10.0 Å². The molecule has 0 saturated carbocycles. The normalized spacial score (nSPS) is 17.4. The Labute approximate surface area is 104 Å². The second-order valence-corrected chi connectivity index (χ2v) is 6.20. The fourth-order valence-corrected chi connectivity index (χ4v) is 3.58. The van der Waals surface area contributed by atoms with E-state index in [1.54, 1.807) is 6.92 Å². The summed E-state index contributed by atoms with van der Waals surface area (Å²) >= 11 is 0. The van der Waals surface area contributed by atoms with E-state index in [4.69, 9.17) is 5.73 Å². The van der Waals surface area contributed by atoms with Crippen LogP contribution < -0.4 is 5.73 Å². The van der Waals surface area contributed by atoms with Crippen LogP contribution in [0.3, 0.4) is 0 Å². The molecule has 8 heteroatoms. The van der Waals surface area contributed by atoms with Crippen molar-refractivity contribution < 1.29 is 13.3 Å². The summed E-state index contributed by atoms with van der Waals surface area (Å²) in [6, 6.07) is 3.66. The van der Waals surface area contributed by atoms with Gasteiger partial charge in [-0.25, -0.2) is 8.42 Å². The van der Waals surface area contributed by atoms with Crippen LogP contribution in [0.1, 0.15) is 5.56 Å². The number of nitro groups is 1. The van der Waals surface area contributed by atoms with Crippen LogP contribution in [0.25, 0.3) is 0 Å². The molecule has 1 heterocycles. The lowest BCUT2D eigenvalue weighted by Gasteiger charge is -2.35. The first kappa shape index (κ1) is 12.9. The molecule has 0 radical (unpaired) electrons. The van der Waals surface area contributed by atoms with Crippen molar-refractivity contribution in [3.05, 3.63) is 33.9 Å². The van der Waals surface area contributed by atoms with E-state index in [9.17, 15) is 18.5 Å². The zero-order chi connectivity index (χ0) is 13.5. The highest BCUT2D eigenvalue weighted by molar-refractivity contribution is 7.89. The SMILES string of the molecule is Cc1ccc([N+](=O)[O-])cc1S(=O)(=O)N1CC(N)C1. The van der Waals surface area contributed by atoms with Crippen molar-refractivity contribution in [2.45, 2.75) is 17.9 Å². The summed E-state index contributed by atoms with van der Waals surface area (Å²) in [6.07, 6.45) is 0. The third-order valence-electron chi connectivity index (χ3n) is 2.88. The number of sulfonamides is 1. The van der Waals surface area contributed by atoms with E-state index in [1.807, 2.05) is 0 Å². The number of rotatable bonds is 3. The van der Waals surface area contributed by atoms with Gasteiger partial charge >= 0.3 is 0 Å². The number of nitro benzene ring substituents is 1. The van der Waals surface area contributed by atoms with Crippen LogP contribution in [0.4, 0.5) is 5.69 Å². The molecule has 1 aliphatic heterocycles. The molecule has 1 aromatic rings. The van der Waals surface area contributed by atoms with Gasteiger partial charge in [-0.05, 0) is 12.5 Å². The Morgan fingerprint density at radius 2 is 2.06 bits per heavy atom. The van der Waals surface area contributed by atoms with Gasteiger partial charge in [-0.1, -0.05) is 6.07 Å². The molecular weight excluding hydrogens is 258 g/mol. The van der Waals surface area contributed by atoms with Gasteiger partial charge in [0.25, 0.3) is 5.69 Å². The monoisotopic (exact) mass is 271 g/mol. The van der Waals surface area contributed by atoms with Crippen LogP contribution in [0.15, 0.2) is 23.1 Å². The largest absolute Gasteiger partial charge is 0.325 e. The van der Waals surface area contributed by atoms with Crippen molar-refractivity contribution >= 4 is 15.7 Å². The molecule has 1 aromatic carbocycles. The number of aryl methyl sites for hydroxylation is 1. The third-order valence-corrected chi connectivity index (χ3v) is 4.85. The average molecular weight is 271 g/mol. The Morgan fingerprint density at radius 3 is 2.56 bits per heavy atom. The van der Waals surface area contributed by atoms with Crippen LogP contribution in [0, 0.1) is 17.0 Å². The lowest BCUT2D eigenvalue weighted by atomic mass is 10.2. The number of nitrogens with two attached hydrogens (primary N) is 1. The minimum Gasteiger partial charge on any atom is -0.325 e. The van der Waals surface area contributed by atoms with Gasteiger partial charge in [0, 0.05) is 31.3 Å². The van der Waals surface area contributed by atoms with Gasteiger partial charge in [-0.15, -0.1) is 0 Å². The number of nitrogens with zero attached hydrogens (tertiary/aromatic N) is 2. The Balaban J connectivity index is 2.44. The predicted octanol–water partition coefficient (Wildman–Crippen LogP) is 0.235. The van der Waals surface area contributed by atoms with E-state index < -0.39 is 14.9 Å². The van der Waals surface area contributed by atoms with Crippen molar-refractivity contribution in [3.63, 3.8) is 0 Å². The Bertz CT molecular complexity index is 593. The maximum absolute atomic E-state index is 12.2. The number of benzene rings is 1. The lowest BCUT2D eigenvalue weighted by molar-refractivity contribution is -0.385. The van der Waals surface area contributed by atoms with Crippen molar-refractivity contribution in [1.82, 2.24) is 4.31 Å². The summed E-state index contributed by atoms with van der Waals surface area (Å²) in [6.45, 7) is 2.12. The summed E-state index contributed by atoms with van der Waals surface area (Å²) in [5.74, 6) is 0. The van der Waals surface area contributed by atoms with E-state index in [0.29, 0.717) is 5.56 Å². The molecule has 0 spiro atoms. The summed E-state index contributed by atoms with van der Waals surface area (Å²) < 4.78 is 25.6. The molecule has 1 saturated heterocycles. The van der Waals surface area contributed by atoms with E-state index in [-0.39, 0.29) is 29.7 Å². The number of non-ortho nitro benzene ring substituents is 1. The van der Waals surface area contributed by atoms with Gasteiger partial charge in [-0.2, -0.15) is 4.31 Å². The molecule has 0 aliphatic carbocycles. The van der Waals surface area contributed by atoms with Crippen molar-refractivity contribution in [2.75, 3.05) is 13.1 Å². The first-order valence-corrected chi connectivity index (χ1v) is 6.77. The summed E-state index contributed by atoms with van der Waals surface area (Å²) in [5.41, 5.74) is 5.80. The Morgan fingerprint density at radius 1 is 1.44 bits per heavy atom. The first-order valence-electron chi connectivity index (χ1n) is 5.33. The second kappa shape index (κ2) is 4.30. The van der Waals surface area contributed by atoms with Crippen LogP contribution in [0.2, 0.25) is 0 Å². The molecule has 0 atom stereocenters. The van der Waals surface area contributed by atoms with E-state index in [1.165, 1.54) is 16.4 Å². The molecule has 1 fully saturated rings. The van der Waals surface area contributed by atoms with Gasteiger partial charge in [-0.3, -0.25) is 10.1 Å². The van der Waals surface area contributed by atoms with E-state index in [0.717, 1.165) is 6.07 Å². The zero-order valence-corrected chi connectivity index (χ0v) is 10.6. The molecule has 7 nitrogen and oxygen atoms in total. The Kier molecular flexibility index (Phi) is 3.09. The van der Waals surface area contributed by atoms with E-state index >= 15 is 0 Å². The van der Waals surface area contributed by atoms with Crippen LogP contribution in [-0.4, -0.2) is 36.8 Å². The molecule has 0 amide bonds. The van der Waals surface area contributed by atoms with Crippen LogP contribution >= 0.6 is 0 Å². The molecule has 0 aromatic heterocycles. The fourth-order valence-electron chi connectivity index (χ4n) is 1.79. The topological polar surface area (TPSA) is 107 Å². The van der Waals surface area contributed by atoms with Crippen LogP contribution in [0.5, 0.6) is 0 Å². The minimum absolute atomic E-state index is 0.0244. The van der Waals surface area contributed by atoms with Gasteiger partial charge in [0.2, 0.25) is 10.0 Å². The first-order chi connectivity index (χ1) is 8.32. The summed E-state index contributed by atoms with van der Waals surface area (Å²) in [4.78, 5) is 10.0. The highest BCUT2D eigenvalue weighted by atomic mass is 32.2. The molecule has 1 aliphatic rings. The van der Waals surface area contributed by atoms with Gasteiger partial charge in [0.15, 0.2) is 0 Å². The molecule has 98 valence electrons. The predicted molar refractivity (Wildman–Crippen MR) is 64.6 cm³/mol. The lowest BCUT2D eigenvalue weighted by Crippen LogP contribution is -2.57. The van der Waals surface area contributed by atoms with Crippen molar-refractivity contribution in [3.8, 4) is 0 Å². The van der Waals surface area contributed by atoms with E-state index in [2.05, 4.69) is 0 Å². The smallest absolute Gasteiger partial charge is 0.270 e. The van der Waals surface area contributed by atoms with Crippen molar-refractivity contribution in [2.24, 2.45) is 5.73 Å². The molecular formula is C10H13N3O4S. The standard InChI is InChI=1S/C10H13N3O4S/c1-7-2-3-9(13(14)15)4-10(7)18(16,17)12-5-8(11)6-12/h2-4,8H,5-6,11H2,1H3. The highest BCUT2D eigenvalue weighted by Gasteiger charge is 2.36. The number of hydrogen-bond donors (Lipinski definition) is 1. The molecule has 2 rings (SSSR count).